The highest BCUT2D eigenvalue weighted by Gasteiger charge is 2.07. The molecule has 1 heterocycles. The van der Waals surface area contributed by atoms with Gasteiger partial charge in [0.25, 0.3) is 0 Å². The van der Waals surface area contributed by atoms with E-state index in [1.165, 1.54) is 6.20 Å². The molecule has 0 fully saturated rings. The molecule has 0 aliphatic carbocycles. The summed E-state index contributed by atoms with van der Waals surface area (Å²) in [7, 11) is 1.56. The van der Waals surface area contributed by atoms with Gasteiger partial charge in [-0.25, -0.2) is 0 Å². The van der Waals surface area contributed by atoms with Crippen molar-refractivity contribution in [1.29, 1.82) is 5.26 Å². The van der Waals surface area contributed by atoms with E-state index in [2.05, 4.69) is 11.1 Å². The molecule has 0 atom stereocenters. The van der Waals surface area contributed by atoms with Crippen LogP contribution in [0.3, 0.4) is 0 Å². The van der Waals surface area contributed by atoms with Gasteiger partial charge in [0, 0.05) is 18.0 Å². The molecule has 17 heavy (non-hydrogen) atoms. The van der Waals surface area contributed by atoms with Gasteiger partial charge < -0.3 is 4.74 Å². The van der Waals surface area contributed by atoms with Crippen LogP contribution in [0.4, 0.5) is 0 Å². The summed E-state index contributed by atoms with van der Waals surface area (Å²) in [5.41, 5.74) is 2.20. The van der Waals surface area contributed by atoms with Crippen LogP contribution < -0.4 is 4.74 Å². The fraction of sp³-hybridized carbons (Fsp3) is 0.0769. The molecule has 2 rings (SSSR count). The monoisotopic (exact) mass is 244 g/mol. The third kappa shape index (κ3) is 2.22. The lowest BCUT2D eigenvalue weighted by Crippen LogP contribution is -1.88. The summed E-state index contributed by atoms with van der Waals surface area (Å²) < 4.78 is 5.08. The molecule has 0 aliphatic heterocycles. The first-order valence-corrected chi connectivity index (χ1v) is 5.32. The standard InChI is InChI=1S/C13H9ClN2O/c1-17-13-3-2-9(6-12(13)14)11-4-5-16-8-10(11)7-15/h2-6,8H,1H3. The van der Waals surface area contributed by atoms with Gasteiger partial charge in [0.1, 0.15) is 11.8 Å². The van der Waals surface area contributed by atoms with E-state index < -0.39 is 0 Å². The first-order valence-electron chi connectivity index (χ1n) is 4.94. The summed E-state index contributed by atoms with van der Waals surface area (Å²) in [6.07, 6.45) is 3.18. The zero-order valence-corrected chi connectivity index (χ0v) is 9.90. The Morgan fingerprint density at radius 2 is 2.18 bits per heavy atom. The van der Waals surface area contributed by atoms with Gasteiger partial charge in [-0.15, -0.1) is 0 Å². The average molecular weight is 245 g/mol. The Labute approximate surface area is 104 Å². The summed E-state index contributed by atoms with van der Waals surface area (Å²) in [5.74, 6) is 0.614. The van der Waals surface area contributed by atoms with Crippen LogP contribution in [-0.2, 0) is 0 Å². The minimum atomic E-state index is 0.519. The maximum absolute atomic E-state index is 9.00. The van der Waals surface area contributed by atoms with E-state index in [0.717, 1.165) is 11.1 Å². The minimum absolute atomic E-state index is 0.519. The van der Waals surface area contributed by atoms with Crippen LogP contribution in [-0.4, -0.2) is 12.1 Å². The molecule has 0 saturated carbocycles. The summed E-state index contributed by atoms with van der Waals surface area (Å²) in [4.78, 5) is 3.92. The Balaban J connectivity index is 2.54. The Morgan fingerprint density at radius 3 is 2.82 bits per heavy atom. The summed E-state index contributed by atoms with van der Waals surface area (Å²) in [6, 6.07) is 9.31. The number of rotatable bonds is 2. The van der Waals surface area contributed by atoms with E-state index in [0.29, 0.717) is 16.3 Å². The molecule has 3 nitrogen and oxygen atoms in total. The van der Waals surface area contributed by atoms with Crippen molar-refractivity contribution < 1.29 is 4.74 Å². The van der Waals surface area contributed by atoms with Crippen LogP contribution in [0.25, 0.3) is 11.1 Å². The van der Waals surface area contributed by atoms with Crippen molar-refractivity contribution in [3.8, 4) is 22.9 Å². The van der Waals surface area contributed by atoms with E-state index in [1.807, 2.05) is 6.07 Å². The Kier molecular flexibility index (Phi) is 3.27. The van der Waals surface area contributed by atoms with Crippen LogP contribution in [0, 0.1) is 11.3 Å². The number of aromatic nitrogens is 1. The molecule has 0 unspecified atom stereocenters. The van der Waals surface area contributed by atoms with Crippen molar-refractivity contribution in [3.63, 3.8) is 0 Å². The van der Waals surface area contributed by atoms with Crippen LogP contribution >= 0.6 is 11.6 Å². The second-order valence-electron chi connectivity index (χ2n) is 3.38. The van der Waals surface area contributed by atoms with Gasteiger partial charge in [-0.05, 0) is 23.8 Å². The summed E-state index contributed by atoms with van der Waals surface area (Å²) in [5, 5.41) is 9.52. The number of nitriles is 1. The Bertz CT molecular complexity index is 590. The van der Waals surface area contributed by atoms with E-state index in [9.17, 15) is 0 Å². The van der Waals surface area contributed by atoms with E-state index in [-0.39, 0.29) is 0 Å². The van der Waals surface area contributed by atoms with Crippen LogP contribution in [0.15, 0.2) is 36.7 Å². The van der Waals surface area contributed by atoms with Gasteiger partial charge in [0.15, 0.2) is 0 Å². The molecule has 0 radical (unpaired) electrons. The van der Waals surface area contributed by atoms with Gasteiger partial charge >= 0.3 is 0 Å². The first-order chi connectivity index (χ1) is 8.26. The number of pyridine rings is 1. The van der Waals surface area contributed by atoms with Crippen molar-refractivity contribution in [2.75, 3.05) is 7.11 Å². The highest BCUT2D eigenvalue weighted by atomic mass is 35.5. The zero-order valence-electron chi connectivity index (χ0n) is 9.14. The lowest BCUT2D eigenvalue weighted by Gasteiger charge is -2.07. The fourth-order valence-corrected chi connectivity index (χ4v) is 1.83. The lowest BCUT2D eigenvalue weighted by molar-refractivity contribution is 0.415. The molecule has 0 amide bonds. The normalized spacial score (nSPS) is 9.71. The number of methoxy groups -OCH3 is 1. The summed E-state index contributed by atoms with van der Waals surface area (Å²) >= 11 is 6.05. The number of nitrogens with zero attached hydrogens (tertiary/aromatic N) is 2. The number of hydrogen-bond donors (Lipinski definition) is 0. The van der Waals surface area contributed by atoms with Crippen LogP contribution in [0.5, 0.6) is 5.75 Å². The van der Waals surface area contributed by atoms with Gasteiger partial charge in [-0.2, -0.15) is 5.26 Å². The van der Waals surface area contributed by atoms with Crippen molar-refractivity contribution in [2.24, 2.45) is 0 Å². The second kappa shape index (κ2) is 4.86. The molecule has 0 spiro atoms. The van der Waals surface area contributed by atoms with E-state index in [4.69, 9.17) is 21.6 Å². The molecule has 0 aliphatic rings. The smallest absolute Gasteiger partial charge is 0.137 e. The highest BCUT2D eigenvalue weighted by molar-refractivity contribution is 6.32. The SMILES string of the molecule is COc1ccc(-c2ccncc2C#N)cc1Cl. The molecule has 1 aromatic carbocycles. The predicted octanol–water partition coefficient (Wildman–Crippen LogP) is 3.28. The topological polar surface area (TPSA) is 45.9 Å². The molecular formula is C13H9ClN2O. The largest absolute Gasteiger partial charge is 0.495 e. The average Bonchev–Trinajstić information content (AvgIpc) is 2.38. The van der Waals surface area contributed by atoms with Gasteiger partial charge in [0.05, 0.1) is 17.7 Å². The van der Waals surface area contributed by atoms with E-state index >= 15 is 0 Å². The van der Waals surface area contributed by atoms with E-state index in [1.54, 1.807) is 31.5 Å². The molecule has 0 N–H and O–H groups in total. The lowest BCUT2D eigenvalue weighted by atomic mass is 10.0. The second-order valence-corrected chi connectivity index (χ2v) is 3.79. The molecular weight excluding hydrogens is 236 g/mol. The molecule has 2 aromatic rings. The Hall–Kier alpha value is -2.05. The Morgan fingerprint density at radius 1 is 1.35 bits per heavy atom. The quantitative estimate of drug-likeness (QED) is 0.814. The molecule has 0 saturated heterocycles. The summed E-state index contributed by atoms with van der Waals surface area (Å²) in [6.45, 7) is 0. The van der Waals surface area contributed by atoms with Gasteiger partial charge in [0.2, 0.25) is 0 Å². The molecule has 4 heteroatoms. The maximum Gasteiger partial charge on any atom is 0.137 e. The molecule has 0 bridgehead atoms. The predicted molar refractivity (Wildman–Crippen MR) is 66.0 cm³/mol. The van der Waals surface area contributed by atoms with Crippen molar-refractivity contribution >= 4 is 11.6 Å². The van der Waals surface area contributed by atoms with Crippen molar-refractivity contribution in [2.45, 2.75) is 0 Å². The van der Waals surface area contributed by atoms with Crippen LogP contribution in [0.2, 0.25) is 5.02 Å². The fourth-order valence-electron chi connectivity index (χ4n) is 1.57. The maximum atomic E-state index is 9.00. The third-order valence-electron chi connectivity index (χ3n) is 2.40. The zero-order chi connectivity index (χ0) is 12.3. The highest BCUT2D eigenvalue weighted by Crippen LogP contribution is 2.31. The molecule has 1 aromatic heterocycles. The van der Waals surface area contributed by atoms with Crippen molar-refractivity contribution in [1.82, 2.24) is 4.98 Å². The van der Waals surface area contributed by atoms with Gasteiger partial charge in [-0.1, -0.05) is 17.7 Å². The number of hydrogen-bond acceptors (Lipinski definition) is 3. The number of benzene rings is 1. The minimum Gasteiger partial charge on any atom is -0.495 e. The molecule has 84 valence electrons. The third-order valence-corrected chi connectivity index (χ3v) is 2.70. The van der Waals surface area contributed by atoms with Crippen molar-refractivity contribution in [3.05, 3.63) is 47.2 Å². The van der Waals surface area contributed by atoms with Crippen LogP contribution in [0.1, 0.15) is 5.56 Å². The van der Waals surface area contributed by atoms with Gasteiger partial charge in [-0.3, -0.25) is 4.98 Å². The number of ether oxygens (including phenoxy) is 1. The first kappa shape index (κ1) is 11.4. The number of halogens is 1.